The summed E-state index contributed by atoms with van der Waals surface area (Å²) < 4.78 is 5.45. The third-order valence-corrected chi connectivity index (χ3v) is 4.87. The Labute approximate surface area is 189 Å². The second-order valence-electron chi connectivity index (χ2n) is 6.57. The highest BCUT2D eigenvalue weighted by atomic mass is 127. The Bertz CT molecular complexity index is 766. The van der Waals surface area contributed by atoms with Crippen molar-refractivity contribution in [2.24, 2.45) is 4.99 Å². The number of ether oxygens (including phenoxy) is 1. The molecule has 2 N–H and O–H groups in total. The standard InChI is InChI=1S/C21H27ClN4O.HI/c1-23-21(24-14-17-5-4-8-20(22)13-17)25-15-18-6-2-3-7-19(18)16-26-9-11-27-12-10-26;/h2-8,13H,9-12,14-16H2,1H3,(H2,23,24,25);1H. The highest BCUT2D eigenvalue weighted by molar-refractivity contribution is 14.0. The molecule has 0 aromatic heterocycles. The lowest BCUT2D eigenvalue weighted by atomic mass is 10.1. The summed E-state index contributed by atoms with van der Waals surface area (Å²) >= 11 is 6.05. The molecule has 28 heavy (non-hydrogen) atoms. The zero-order valence-electron chi connectivity index (χ0n) is 16.2. The van der Waals surface area contributed by atoms with Gasteiger partial charge in [0.2, 0.25) is 0 Å². The zero-order valence-corrected chi connectivity index (χ0v) is 19.2. The summed E-state index contributed by atoms with van der Waals surface area (Å²) in [6.07, 6.45) is 0. The monoisotopic (exact) mass is 514 g/mol. The molecule has 5 nitrogen and oxygen atoms in total. The van der Waals surface area contributed by atoms with Gasteiger partial charge in [-0.05, 0) is 28.8 Å². The van der Waals surface area contributed by atoms with Crippen LogP contribution in [-0.2, 0) is 24.4 Å². The van der Waals surface area contributed by atoms with Crippen molar-refractivity contribution >= 4 is 41.5 Å². The van der Waals surface area contributed by atoms with E-state index in [4.69, 9.17) is 16.3 Å². The number of morpholine rings is 1. The molecule has 0 bridgehead atoms. The van der Waals surface area contributed by atoms with Crippen molar-refractivity contribution in [3.05, 3.63) is 70.2 Å². The van der Waals surface area contributed by atoms with E-state index >= 15 is 0 Å². The van der Waals surface area contributed by atoms with Crippen molar-refractivity contribution in [3.8, 4) is 0 Å². The molecular formula is C21H28ClIN4O. The van der Waals surface area contributed by atoms with Crippen molar-refractivity contribution in [3.63, 3.8) is 0 Å². The largest absolute Gasteiger partial charge is 0.379 e. The van der Waals surface area contributed by atoms with Crippen LogP contribution >= 0.6 is 35.6 Å². The van der Waals surface area contributed by atoms with Gasteiger partial charge in [0.15, 0.2) is 5.96 Å². The summed E-state index contributed by atoms with van der Waals surface area (Å²) in [6, 6.07) is 16.4. The quantitative estimate of drug-likeness (QED) is 0.351. The van der Waals surface area contributed by atoms with Crippen LogP contribution in [-0.4, -0.2) is 44.2 Å². The Balaban J connectivity index is 0.00000280. The van der Waals surface area contributed by atoms with E-state index in [0.717, 1.165) is 55.9 Å². The summed E-state index contributed by atoms with van der Waals surface area (Å²) in [7, 11) is 1.78. The maximum atomic E-state index is 6.05. The first-order valence-corrected chi connectivity index (χ1v) is 9.68. The summed E-state index contributed by atoms with van der Waals surface area (Å²) in [6.45, 7) is 5.98. The SMILES string of the molecule is CN=C(NCc1cccc(Cl)c1)NCc1ccccc1CN1CCOCC1.I. The molecule has 0 spiro atoms. The minimum atomic E-state index is 0. The summed E-state index contributed by atoms with van der Waals surface area (Å²) in [5.74, 6) is 0.774. The predicted octanol–water partition coefficient (Wildman–Crippen LogP) is 3.66. The molecule has 1 heterocycles. The van der Waals surface area contributed by atoms with Gasteiger partial charge in [0.25, 0.3) is 0 Å². The molecule has 1 aliphatic rings. The van der Waals surface area contributed by atoms with Crippen LogP contribution in [0.25, 0.3) is 0 Å². The molecule has 152 valence electrons. The van der Waals surface area contributed by atoms with Crippen LogP contribution in [0.1, 0.15) is 16.7 Å². The van der Waals surface area contributed by atoms with E-state index in [-0.39, 0.29) is 24.0 Å². The molecule has 1 aliphatic heterocycles. The number of aliphatic imine (C=N–C) groups is 1. The molecule has 0 saturated carbocycles. The third-order valence-electron chi connectivity index (χ3n) is 4.63. The van der Waals surface area contributed by atoms with Crippen LogP contribution in [0.3, 0.4) is 0 Å². The molecule has 2 aromatic rings. The van der Waals surface area contributed by atoms with Crippen LogP contribution in [0.5, 0.6) is 0 Å². The van der Waals surface area contributed by atoms with Crippen molar-refractivity contribution in [1.82, 2.24) is 15.5 Å². The zero-order chi connectivity index (χ0) is 18.9. The van der Waals surface area contributed by atoms with Crippen molar-refractivity contribution < 1.29 is 4.74 Å². The Kier molecular flexibility index (Phi) is 10.0. The minimum Gasteiger partial charge on any atom is -0.379 e. The highest BCUT2D eigenvalue weighted by Crippen LogP contribution is 2.13. The molecule has 0 radical (unpaired) electrons. The van der Waals surface area contributed by atoms with Gasteiger partial charge in [-0.2, -0.15) is 0 Å². The lowest BCUT2D eigenvalue weighted by molar-refractivity contribution is 0.0341. The molecule has 0 aliphatic carbocycles. The molecule has 7 heteroatoms. The first kappa shape index (κ1) is 22.9. The number of benzene rings is 2. The van der Waals surface area contributed by atoms with Crippen LogP contribution in [0.2, 0.25) is 5.02 Å². The van der Waals surface area contributed by atoms with Gasteiger partial charge in [-0.3, -0.25) is 9.89 Å². The normalized spacial score (nSPS) is 15.0. The van der Waals surface area contributed by atoms with E-state index in [1.165, 1.54) is 11.1 Å². The molecule has 1 saturated heterocycles. The lowest BCUT2D eigenvalue weighted by Gasteiger charge is -2.27. The van der Waals surface area contributed by atoms with E-state index in [1.54, 1.807) is 7.05 Å². The molecule has 0 unspecified atom stereocenters. The number of rotatable bonds is 6. The Morgan fingerprint density at radius 1 is 1.04 bits per heavy atom. The van der Waals surface area contributed by atoms with Gasteiger partial charge in [0.1, 0.15) is 0 Å². The number of guanidine groups is 1. The van der Waals surface area contributed by atoms with Gasteiger partial charge in [0.05, 0.1) is 13.2 Å². The topological polar surface area (TPSA) is 48.9 Å². The van der Waals surface area contributed by atoms with Gasteiger partial charge < -0.3 is 15.4 Å². The molecule has 0 atom stereocenters. The van der Waals surface area contributed by atoms with Gasteiger partial charge in [-0.15, -0.1) is 24.0 Å². The van der Waals surface area contributed by atoms with Gasteiger partial charge >= 0.3 is 0 Å². The molecule has 2 aromatic carbocycles. The number of hydrogen-bond donors (Lipinski definition) is 2. The summed E-state index contributed by atoms with van der Waals surface area (Å²) in [5.41, 5.74) is 3.75. The average molecular weight is 515 g/mol. The number of hydrogen-bond acceptors (Lipinski definition) is 3. The van der Waals surface area contributed by atoms with Crippen LogP contribution < -0.4 is 10.6 Å². The fourth-order valence-corrected chi connectivity index (χ4v) is 3.33. The predicted molar refractivity (Wildman–Crippen MR) is 126 cm³/mol. The van der Waals surface area contributed by atoms with Crippen molar-refractivity contribution in [1.29, 1.82) is 0 Å². The Morgan fingerprint density at radius 2 is 1.75 bits per heavy atom. The Hall–Kier alpha value is -1.35. The van der Waals surface area contributed by atoms with E-state index in [9.17, 15) is 0 Å². The molecule has 3 rings (SSSR count). The second-order valence-corrected chi connectivity index (χ2v) is 7.00. The maximum absolute atomic E-state index is 6.05. The third kappa shape index (κ3) is 7.24. The van der Waals surface area contributed by atoms with E-state index in [0.29, 0.717) is 6.54 Å². The molecule has 0 amide bonds. The lowest BCUT2D eigenvalue weighted by Crippen LogP contribution is -2.37. The smallest absolute Gasteiger partial charge is 0.191 e. The average Bonchev–Trinajstić information content (AvgIpc) is 2.70. The molecule has 1 fully saturated rings. The van der Waals surface area contributed by atoms with E-state index in [1.807, 2.05) is 24.3 Å². The number of nitrogens with one attached hydrogen (secondary N) is 2. The summed E-state index contributed by atoms with van der Waals surface area (Å²) in [5, 5.41) is 7.49. The van der Waals surface area contributed by atoms with E-state index in [2.05, 4.69) is 44.8 Å². The second kappa shape index (κ2) is 12.3. The first-order valence-electron chi connectivity index (χ1n) is 9.30. The van der Waals surface area contributed by atoms with Crippen LogP contribution in [0, 0.1) is 0 Å². The van der Waals surface area contributed by atoms with Crippen molar-refractivity contribution in [2.75, 3.05) is 33.4 Å². The minimum absolute atomic E-state index is 0. The highest BCUT2D eigenvalue weighted by Gasteiger charge is 2.12. The Morgan fingerprint density at radius 3 is 2.46 bits per heavy atom. The van der Waals surface area contributed by atoms with Gasteiger partial charge in [0, 0.05) is 44.8 Å². The maximum Gasteiger partial charge on any atom is 0.191 e. The van der Waals surface area contributed by atoms with Gasteiger partial charge in [-0.25, -0.2) is 0 Å². The number of nitrogens with zero attached hydrogens (tertiary/aromatic N) is 2. The fraction of sp³-hybridized carbons (Fsp3) is 0.381. The van der Waals surface area contributed by atoms with Gasteiger partial charge in [-0.1, -0.05) is 48.0 Å². The van der Waals surface area contributed by atoms with Crippen LogP contribution in [0.15, 0.2) is 53.5 Å². The molecular weight excluding hydrogens is 487 g/mol. The van der Waals surface area contributed by atoms with E-state index < -0.39 is 0 Å². The summed E-state index contributed by atoms with van der Waals surface area (Å²) in [4.78, 5) is 6.76. The fourth-order valence-electron chi connectivity index (χ4n) is 3.12. The van der Waals surface area contributed by atoms with Crippen LogP contribution in [0.4, 0.5) is 0 Å². The number of halogens is 2. The van der Waals surface area contributed by atoms with Crippen molar-refractivity contribution in [2.45, 2.75) is 19.6 Å². The first-order chi connectivity index (χ1) is 13.2.